The predicted molar refractivity (Wildman–Crippen MR) is 108 cm³/mol. The van der Waals surface area contributed by atoms with E-state index in [1.807, 2.05) is 18.2 Å². The first-order valence-electron chi connectivity index (χ1n) is 9.07. The first kappa shape index (κ1) is 19.0. The molecule has 0 unspecified atom stereocenters. The van der Waals surface area contributed by atoms with E-state index in [1.165, 1.54) is 23.5 Å². The highest BCUT2D eigenvalue weighted by Gasteiger charge is 2.24. The summed E-state index contributed by atoms with van der Waals surface area (Å²) in [6.45, 7) is 1.61. The number of ether oxygens (including phenoxy) is 1. The van der Waals surface area contributed by atoms with E-state index in [1.54, 1.807) is 17.0 Å². The highest BCUT2D eigenvalue weighted by molar-refractivity contribution is 7.20. The number of para-hydroxylation sites is 1. The number of piperidine rings is 1. The third-order valence-corrected chi connectivity index (χ3v) is 5.92. The van der Waals surface area contributed by atoms with Gasteiger partial charge in [0.15, 0.2) is 0 Å². The number of benzene rings is 2. The van der Waals surface area contributed by atoms with Crippen LogP contribution in [0.1, 0.15) is 18.4 Å². The number of likely N-dealkylation sites (tertiary alicyclic amines) is 1. The molecule has 4 rings (SSSR count). The second kappa shape index (κ2) is 8.32. The van der Waals surface area contributed by atoms with Gasteiger partial charge in [-0.25, -0.2) is 14.2 Å². The summed E-state index contributed by atoms with van der Waals surface area (Å²) >= 11 is 7.65. The Balaban J connectivity index is 1.27. The molecule has 1 N–H and O–H groups in total. The van der Waals surface area contributed by atoms with E-state index in [4.69, 9.17) is 16.3 Å². The highest BCUT2D eigenvalue weighted by Crippen LogP contribution is 2.33. The Kier molecular flexibility index (Phi) is 5.64. The fraction of sp³-hybridized carbons (Fsp3) is 0.300. The van der Waals surface area contributed by atoms with Crippen LogP contribution in [0.2, 0.25) is 5.02 Å². The summed E-state index contributed by atoms with van der Waals surface area (Å²) in [5.41, 5.74) is 1.63. The Morgan fingerprint density at radius 2 is 2.00 bits per heavy atom. The van der Waals surface area contributed by atoms with E-state index in [2.05, 4.69) is 10.3 Å². The van der Waals surface area contributed by atoms with Crippen LogP contribution in [0.25, 0.3) is 10.2 Å². The number of thiazole rings is 1. The zero-order chi connectivity index (χ0) is 19.5. The molecule has 0 atom stereocenters. The molecule has 0 radical (unpaired) electrons. The van der Waals surface area contributed by atoms with Crippen LogP contribution in [0.3, 0.4) is 0 Å². The summed E-state index contributed by atoms with van der Waals surface area (Å²) in [6.07, 6.45) is 1.52. The van der Waals surface area contributed by atoms with E-state index in [-0.39, 0.29) is 18.0 Å². The SMILES string of the molecule is O=C(NCc1ccc(F)cc1)N1CCC(Oc2nc3c(Cl)cccc3s2)CC1. The van der Waals surface area contributed by atoms with Crippen molar-refractivity contribution in [2.24, 2.45) is 0 Å². The van der Waals surface area contributed by atoms with Crippen molar-refractivity contribution in [1.82, 2.24) is 15.2 Å². The van der Waals surface area contributed by atoms with Crippen molar-refractivity contribution in [2.75, 3.05) is 13.1 Å². The lowest BCUT2D eigenvalue weighted by Crippen LogP contribution is -2.46. The number of hydrogen-bond acceptors (Lipinski definition) is 4. The number of amides is 2. The number of aromatic nitrogens is 1. The molecule has 8 heteroatoms. The Morgan fingerprint density at radius 3 is 2.71 bits per heavy atom. The van der Waals surface area contributed by atoms with E-state index >= 15 is 0 Å². The summed E-state index contributed by atoms with van der Waals surface area (Å²) in [4.78, 5) is 18.6. The van der Waals surface area contributed by atoms with Crippen LogP contribution in [0, 0.1) is 5.82 Å². The van der Waals surface area contributed by atoms with Crippen LogP contribution >= 0.6 is 22.9 Å². The predicted octanol–water partition coefficient (Wildman–Crippen LogP) is 4.84. The summed E-state index contributed by atoms with van der Waals surface area (Å²) in [7, 11) is 0. The van der Waals surface area contributed by atoms with Crippen molar-refractivity contribution in [2.45, 2.75) is 25.5 Å². The molecule has 1 aliphatic rings. The average Bonchev–Trinajstić information content (AvgIpc) is 3.12. The number of nitrogens with zero attached hydrogens (tertiary/aromatic N) is 2. The monoisotopic (exact) mass is 419 g/mol. The van der Waals surface area contributed by atoms with Crippen molar-refractivity contribution >= 4 is 39.2 Å². The van der Waals surface area contributed by atoms with Gasteiger partial charge >= 0.3 is 6.03 Å². The molecule has 2 amide bonds. The zero-order valence-corrected chi connectivity index (χ0v) is 16.6. The maximum Gasteiger partial charge on any atom is 0.317 e. The van der Waals surface area contributed by atoms with Crippen molar-refractivity contribution in [1.29, 1.82) is 0 Å². The lowest BCUT2D eigenvalue weighted by molar-refractivity contribution is 0.111. The molecule has 1 fully saturated rings. The van der Waals surface area contributed by atoms with Crippen molar-refractivity contribution in [3.63, 3.8) is 0 Å². The van der Waals surface area contributed by atoms with Gasteiger partial charge in [0.2, 0.25) is 0 Å². The molecule has 0 aliphatic carbocycles. The van der Waals surface area contributed by atoms with E-state index in [0.29, 0.717) is 29.9 Å². The Bertz CT molecular complexity index is 971. The van der Waals surface area contributed by atoms with Crippen LogP contribution in [0.15, 0.2) is 42.5 Å². The number of hydrogen-bond donors (Lipinski definition) is 1. The molecule has 3 aromatic rings. The molecule has 1 aromatic heterocycles. The number of nitrogens with one attached hydrogen (secondary N) is 1. The molecule has 5 nitrogen and oxygen atoms in total. The lowest BCUT2D eigenvalue weighted by Gasteiger charge is -2.31. The standard InChI is InChI=1S/C20H19ClFN3O2S/c21-16-2-1-3-17-18(16)24-20(28-17)27-15-8-10-25(11-9-15)19(26)23-12-13-4-6-14(22)7-5-13/h1-7,15H,8-12H2,(H,23,26). The molecule has 28 heavy (non-hydrogen) atoms. The minimum Gasteiger partial charge on any atom is -0.467 e. The zero-order valence-electron chi connectivity index (χ0n) is 15.0. The number of urea groups is 1. The van der Waals surface area contributed by atoms with Gasteiger partial charge in [-0.05, 0) is 29.8 Å². The van der Waals surface area contributed by atoms with Crippen molar-refractivity contribution < 1.29 is 13.9 Å². The molecular weight excluding hydrogens is 401 g/mol. The molecule has 2 heterocycles. The quantitative estimate of drug-likeness (QED) is 0.658. The van der Waals surface area contributed by atoms with E-state index in [9.17, 15) is 9.18 Å². The fourth-order valence-corrected chi connectivity index (χ4v) is 4.34. The van der Waals surface area contributed by atoms with Crippen LogP contribution in [0.5, 0.6) is 5.19 Å². The third-order valence-electron chi connectivity index (χ3n) is 4.70. The number of carbonyl (C=O) groups excluding carboxylic acids is 1. The van der Waals surface area contributed by atoms with Crippen LogP contribution in [-0.2, 0) is 6.54 Å². The lowest BCUT2D eigenvalue weighted by atomic mass is 10.1. The Labute approximate surface area is 171 Å². The second-order valence-electron chi connectivity index (χ2n) is 6.66. The first-order valence-corrected chi connectivity index (χ1v) is 10.3. The smallest absolute Gasteiger partial charge is 0.317 e. The second-order valence-corrected chi connectivity index (χ2v) is 8.06. The largest absolute Gasteiger partial charge is 0.467 e. The van der Waals surface area contributed by atoms with Gasteiger partial charge in [-0.15, -0.1) is 0 Å². The number of carbonyl (C=O) groups is 1. The normalized spacial score (nSPS) is 15.0. The average molecular weight is 420 g/mol. The summed E-state index contributed by atoms with van der Waals surface area (Å²) < 4.78 is 20.0. The fourth-order valence-electron chi connectivity index (χ4n) is 3.16. The van der Waals surface area contributed by atoms with Gasteiger partial charge in [0.25, 0.3) is 5.19 Å². The molecule has 146 valence electrons. The number of rotatable bonds is 4. The van der Waals surface area contributed by atoms with Gasteiger partial charge in [0.1, 0.15) is 17.4 Å². The van der Waals surface area contributed by atoms with Gasteiger partial charge in [-0.1, -0.05) is 41.1 Å². The molecular formula is C20H19ClFN3O2S. The molecule has 1 saturated heterocycles. The van der Waals surface area contributed by atoms with Crippen molar-refractivity contribution in [3.05, 3.63) is 58.9 Å². The summed E-state index contributed by atoms with van der Waals surface area (Å²) in [5, 5.41) is 4.11. The maximum absolute atomic E-state index is 12.9. The van der Waals surface area contributed by atoms with Crippen LogP contribution in [-0.4, -0.2) is 35.1 Å². The maximum atomic E-state index is 12.9. The molecule has 0 bridgehead atoms. The van der Waals surface area contributed by atoms with E-state index in [0.717, 1.165) is 28.6 Å². The summed E-state index contributed by atoms with van der Waals surface area (Å²) in [5.74, 6) is -0.285. The molecule has 1 aliphatic heterocycles. The Hall–Kier alpha value is -2.38. The minimum absolute atomic E-state index is 0.0282. The van der Waals surface area contributed by atoms with Gasteiger partial charge in [0.05, 0.1) is 9.72 Å². The minimum atomic E-state index is -0.285. The van der Waals surface area contributed by atoms with E-state index < -0.39 is 0 Å². The van der Waals surface area contributed by atoms with Crippen LogP contribution < -0.4 is 10.1 Å². The Morgan fingerprint density at radius 1 is 1.25 bits per heavy atom. The van der Waals surface area contributed by atoms with Gasteiger partial charge in [-0.3, -0.25) is 0 Å². The van der Waals surface area contributed by atoms with Crippen LogP contribution in [0.4, 0.5) is 9.18 Å². The van der Waals surface area contributed by atoms with Crippen molar-refractivity contribution in [3.8, 4) is 5.19 Å². The van der Waals surface area contributed by atoms with Gasteiger partial charge in [-0.2, -0.15) is 0 Å². The molecule has 0 saturated carbocycles. The topological polar surface area (TPSA) is 54.5 Å². The number of fused-ring (bicyclic) bond motifs is 1. The first-order chi connectivity index (χ1) is 13.6. The van der Waals surface area contributed by atoms with Gasteiger partial charge in [0, 0.05) is 32.5 Å². The van der Waals surface area contributed by atoms with Gasteiger partial charge < -0.3 is 15.0 Å². The highest BCUT2D eigenvalue weighted by atomic mass is 35.5. The number of halogens is 2. The third kappa shape index (κ3) is 4.36. The molecule has 2 aromatic carbocycles. The summed E-state index contributed by atoms with van der Waals surface area (Å²) in [6, 6.07) is 11.7. The molecule has 0 spiro atoms.